The van der Waals surface area contributed by atoms with Crippen molar-refractivity contribution >= 4 is 51.5 Å². The predicted octanol–water partition coefficient (Wildman–Crippen LogP) is 4.40. The quantitative estimate of drug-likeness (QED) is 0.318. The van der Waals surface area contributed by atoms with Crippen molar-refractivity contribution in [2.75, 3.05) is 17.6 Å². The Hall–Kier alpha value is -3.17. The zero-order valence-corrected chi connectivity index (χ0v) is 18.7. The second kappa shape index (κ2) is 10.4. The van der Waals surface area contributed by atoms with Crippen molar-refractivity contribution in [3.63, 3.8) is 0 Å². The van der Waals surface area contributed by atoms with E-state index in [4.69, 9.17) is 0 Å². The van der Waals surface area contributed by atoms with Gasteiger partial charge in [0, 0.05) is 34.7 Å². The van der Waals surface area contributed by atoms with Gasteiger partial charge < -0.3 is 15.6 Å². The number of benzene rings is 2. The van der Waals surface area contributed by atoms with E-state index < -0.39 is 0 Å². The van der Waals surface area contributed by atoms with Crippen LogP contribution in [0.2, 0.25) is 0 Å². The van der Waals surface area contributed by atoms with Crippen LogP contribution in [0.1, 0.15) is 11.3 Å². The standard InChI is InChI=1S/C23H21FN4O2S2/c24-16-5-7-17(8-6-16)27-22(30)14-32-23-28-18(13-31-23)11-21(29)25-10-9-15-12-26-20-4-2-1-3-19(15)20/h1-8,12-13,26H,9-11,14H2,(H,25,29)(H,27,30). The number of hydrogen-bond donors (Lipinski definition) is 3. The number of aromatic amines is 1. The largest absolute Gasteiger partial charge is 0.361 e. The Morgan fingerprint density at radius 1 is 1.09 bits per heavy atom. The highest BCUT2D eigenvalue weighted by Gasteiger charge is 2.11. The molecule has 2 aromatic carbocycles. The molecule has 0 aliphatic carbocycles. The fourth-order valence-corrected chi connectivity index (χ4v) is 4.84. The summed E-state index contributed by atoms with van der Waals surface area (Å²) >= 11 is 2.71. The van der Waals surface area contributed by atoms with Crippen LogP contribution in [0.15, 0.2) is 64.4 Å². The molecule has 0 saturated heterocycles. The SMILES string of the molecule is O=C(Cc1csc(SCC(=O)Nc2ccc(F)cc2)n1)NCCc1c[nH]c2ccccc12. The van der Waals surface area contributed by atoms with Crippen LogP contribution in [0.5, 0.6) is 0 Å². The summed E-state index contributed by atoms with van der Waals surface area (Å²) in [6, 6.07) is 13.7. The lowest BCUT2D eigenvalue weighted by Gasteiger charge is -2.04. The summed E-state index contributed by atoms with van der Waals surface area (Å²) in [5, 5.41) is 8.65. The van der Waals surface area contributed by atoms with E-state index >= 15 is 0 Å². The molecule has 0 spiro atoms. The third-order valence-corrected chi connectivity index (χ3v) is 6.79. The van der Waals surface area contributed by atoms with Gasteiger partial charge in [-0.25, -0.2) is 9.37 Å². The lowest BCUT2D eigenvalue weighted by molar-refractivity contribution is -0.120. The molecule has 4 rings (SSSR count). The number of carbonyl (C=O) groups is 2. The van der Waals surface area contributed by atoms with Crippen LogP contribution >= 0.6 is 23.1 Å². The van der Waals surface area contributed by atoms with Gasteiger partial charge in [0.25, 0.3) is 0 Å². The van der Waals surface area contributed by atoms with Gasteiger partial charge in [0.2, 0.25) is 11.8 Å². The topological polar surface area (TPSA) is 86.9 Å². The summed E-state index contributed by atoms with van der Waals surface area (Å²) in [5.41, 5.74) is 3.49. The van der Waals surface area contributed by atoms with Crippen molar-refractivity contribution < 1.29 is 14.0 Å². The third-order valence-electron chi connectivity index (χ3n) is 4.72. The molecule has 2 amide bonds. The fraction of sp³-hybridized carbons (Fsp3) is 0.174. The number of H-pyrrole nitrogens is 1. The number of nitrogens with one attached hydrogen (secondary N) is 3. The summed E-state index contributed by atoms with van der Waals surface area (Å²) in [7, 11) is 0. The number of thioether (sulfide) groups is 1. The second-order valence-corrected chi connectivity index (χ2v) is 9.17. The van der Waals surface area contributed by atoms with Crippen LogP contribution in [0.4, 0.5) is 10.1 Å². The number of carbonyl (C=O) groups excluding carboxylic acids is 2. The number of halogens is 1. The van der Waals surface area contributed by atoms with Crippen LogP contribution in [-0.4, -0.2) is 34.1 Å². The lowest BCUT2D eigenvalue weighted by atomic mass is 10.1. The fourth-order valence-electron chi connectivity index (χ4n) is 3.20. The Bertz CT molecular complexity index is 1220. The van der Waals surface area contributed by atoms with E-state index in [0.717, 1.165) is 16.3 Å². The van der Waals surface area contributed by atoms with Gasteiger partial charge in [-0.3, -0.25) is 9.59 Å². The molecule has 2 aromatic heterocycles. The van der Waals surface area contributed by atoms with Gasteiger partial charge in [-0.05, 0) is 42.3 Å². The molecule has 0 unspecified atom stereocenters. The van der Waals surface area contributed by atoms with Crippen LogP contribution in [0, 0.1) is 5.82 Å². The van der Waals surface area contributed by atoms with Gasteiger partial charge in [0.15, 0.2) is 4.34 Å². The van der Waals surface area contributed by atoms with E-state index in [2.05, 4.69) is 26.7 Å². The third kappa shape index (κ3) is 5.95. The monoisotopic (exact) mass is 468 g/mol. The number of hydrogen-bond acceptors (Lipinski definition) is 5. The number of rotatable bonds is 9. The number of amides is 2. The minimum absolute atomic E-state index is 0.0826. The first kappa shape index (κ1) is 22.0. The molecule has 2 heterocycles. The molecule has 4 aromatic rings. The van der Waals surface area contributed by atoms with Crippen LogP contribution in [0.25, 0.3) is 10.9 Å². The van der Waals surface area contributed by atoms with Crippen LogP contribution < -0.4 is 10.6 Å². The number of para-hydroxylation sites is 1. The minimum atomic E-state index is -0.352. The first-order chi connectivity index (χ1) is 15.6. The highest BCUT2D eigenvalue weighted by atomic mass is 32.2. The molecule has 0 radical (unpaired) electrons. The first-order valence-corrected chi connectivity index (χ1v) is 11.9. The van der Waals surface area contributed by atoms with E-state index in [9.17, 15) is 14.0 Å². The molecule has 0 fully saturated rings. The normalized spacial score (nSPS) is 10.9. The average Bonchev–Trinajstić information content (AvgIpc) is 3.41. The van der Waals surface area contributed by atoms with Gasteiger partial charge in [-0.2, -0.15) is 0 Å². The van der Waals surface area contributed by atoms with Gasteiger partial charge in [-0.1, -0.05) is 30.0 Å². The van der Waals surface area contributed by atoms with Gasteiger partial charge in [-0.15, -0.1) is 11.3 Å². The van der Waals surface area contributed by atoms with E-state index in [-0.39, 0.29) is 29.8 Å². The molecule has 9 heteroatoms. The zero-order valence-electron chi connectivity index (χ0n) is 17.1. The highest BCUT2D eigenvalue weighted by molar-refractivity contribution is 8.01. The molecule has 0 saturated carbocycles. The van der Waals surface area contributed by atoms with Crippen molar-refractivity contribution in [2.24, 2.45) is 0 Å². The van der Waals surface area contributed by atoms with Crippen molar-refractivity contribution in [1.82, 2.24) is 15.3 Å². The zero-order chi connectivity index (χ0) is 22.3. The molecule has 0 bridgehead atoms. The first-order valence-electron chi connectivity index (χ1n) is 10.0. The number of nitrogens with zero attached hydrogens (tertiary/aromatic N) is 1. The van der Waals surface area contributed by atoms with E-state index in [1.165, 1.54) is 58.3 Å². The minimum Gasteiger partial charge on any atom is -0.361 e. The van der Waals surface area contributed by atoms with E-state index in [0.29, 0.717) is 17.9 Å². The average molecular weight is 469 g/mol. The summed E-state index contributed by atoms with van der Waals surface area (Å²) < 4.78 is 13.6. The number of anilines is 1. The smallest absolute Gasteiger partial charge is 0.234 e. The Kier molecular flexibility index (Phi) is 7.18. The maximum atomic E-state index is 12.9. The van der Waals surface area contributed by atoms with Crippen LogP contribution in [0.3, 0.4) is 0 Å². The molecule has 164 valence electrons. The van der Waals surface area contributed by atoms with Gasteiger partial charge in [0.05, 0.1) is 17.9 Å². The molecule has 0 aliphatic rings. The predicted molar refractivity (Wildman–Crippen MR) is 127 cm³/mol. The van der Waals surface area contributed by atoms with Crippen LogP contribution in [-0.2, 0) is 22.4 Å². The number of aromatic nitrogens is 2. The Labute approximate surface area is 192 Å². The Balaban J connectivity index is 1.19. The Morgan fingerprint density at radius 3 is 2.75 bits per heavy atom. The maximum Gasteiger partial charge on any atom is 0.234 e. The van der Waals surface area contributed by atoms with Crippen molar-refractivity contribution in [3.8, 4) is 0 Å². The Morgan fingerprint density at radius 2 is 1.91 bits per heavy atom. The molecule has 0 aliphatic heterocycles. The maximum absolute atomic E-state index is 12.9. The number of thiazole rings is 1. The second-order valence-electron chi connectivity index (χ2n) is 7.08. The summed E-state index contributed by atoms with van der Waals surface area (Å²) in [5.74, 6) is -0.454. The molecular formula is C23H21FN4O2S2. The summed E-state index contributed by atoms with van der Waals surface area (Å²) in [6.07, 6.45) is 2.93. The molecular weight excluding hydrogens is 447 g/mol. The molecule has 3 N–H and O–H groups in total. The van der Waals surface area contributed by atoms with E-state index in [1.54, 1.807) is 0 Å². The van der Waals surface area contributed by atoms with E-state index in [1.807, 2.05) is 29.8 Å². The summed E-state index contributed by atoms with van der Waals surface area (Å²) in [6.45, 7) is 0.552. The summed E-state index contributed by atoms with van der Waals surface area (Å²) in [4.78, 5) is 32.0. The van der Waals surface area contributed by atoms with Gasteiger partial charge in [0.1, 0.15) is 5.82 Å². The van der Waals surface area contributed by atoms with Crippen molar-refractivity contribution in [2.45, 2.75) is 17.2 Å². The molecule has 6 nitrogen and oxygen atoms in total. The lowest BCUT2D eigenvalue weighted by Crippen LogP contribution is -2.27. The van der Waals surface area contributed by atoms with Crippen molar-refractivity contribution in [3.05, 3.63) is 77.2 Å². The van der Waals surface area contributed by atoms with Crippen molar-refractivity contribution in [1.29, 1.82) is 0 Å². The highest BCUT2D eigenvalue weighted by Crippen LogP contribution is 2.23. The molecule has 32 heavy (non-hydrogen) atoms. The molecule has 0 atom stereocenters. The number of fused-ring (bicyclic) bond motifs is 1. The van der Waals surface area contributed by atoms with Gasteiger partial charge >= 0.3 is 0 Å².